The second-order valence-electron chi connectivity index (χ2n) is 6.00. The molecule has 2 aliphatic carbocycles. The van der Waals surface area contributed by atoms with Crippen LogP contribution in [0.15, 0.2) is 11.6 Å². The first-order valence-corrected chi connectivity index (χ1v) is 7.04. The summed E-state index contributed by atoms with van der Waals surface area (Å²) in [7, 11) is 1.42. The van der Waals surface area contributed by atoms with Crippen LogP contribution in [0, 0.1) is 29.6 Å². The zero-order valence-electron chi connectivity index (χ0n) is 14.6. The van der Waals surface area contributed by atoms with E-state index in [9.17, 15) is 4.79 Å². The van der Waals surface area contributed by atoms with Gasteiger partial charge in [0.2, 0.25) is 0 Å². The summed E-state index contributed by atoms with van der Waals surface area (Å²) in [6.45, 7) is 2.18. The zero-order valence-corrected chi connectivity index (χ0v) is 11.6. The fraction of sp³-hybridized carbons (Fsp3) is 0.812. The minimum absolute atomic E-state index is 0.165. The van der Waals surface area contributed by atoms with Gasteiger partial charge in [0.1, 0.15) is 0 Å². The summed E-state index contributed by atoms with van der Waals surface area (Å²) in [5.41, 5.74) is 0.583. The van der Waals surface area contributed by atoms with E-state index < -0.39 is 6.85 Å². The summed E-state index contributed by atoms with van der Waals surface area (Å²) >= 11 is 0. The van der Waals surface area contributed by atoms with Crippen molar-refractivity contribution < 1.29 is 13.6 Å². The quantitative estimate of drug-likeness (QED) is 0.552. The predicted octanol–water partition coefficient (Wildman–Crippen LogP) is 3.81. The molecule has 0 radical (unpaired) electrons. The Balaban J connectivity index is 2.29. The summed E-state index contributed by atoms with van der Waals surface area (Å²) < 4.78 is 27.8. The van der Waals surface area contributed by atoms with Gasteiger partial charge in [-0.05, 0) is 49.8 Å². The van der Waals surface area contributed by atoms with Crippen molar-refractivity contribution in [2.75, 3.05) is 7.11 Å². The van der Waals surface area contributed by atoms with Crippen LogP contribution in [0.4, 0.5) is 0 Å². The van der Waals surface area contributed by atoms with Gasteiger partial charge in [0.15, 0.2) is 0 Å². The van der Waals surface area contributed by atoms with Crippen LogP contribution in [0.3, 0.4) is 0 Å². The fourth-order valence-corrected chi connectivity index (χ4v) is 3.86. The largest absolute Gasteiger partial charge is 0.469 e. The van der Waals surface area contributed by atoms with Crippen molar-refractivity contribution in [2.24, 2.45) is 29.6 Å². The van der Waals surface area contributed by atoms with Gasteiger partial charge in [-0.1, -0.05) is 31.9 Å². The van der Waals surface area contributed by atoms with E-state index in [4.69, 9.17) is 8.85 Å². The van der Waals surface area contributed by atoms with Gasteiger partial charge in [-0.25, -0.2) is 0 Å². The number of rotatable bonds is 2. The van der Waals surface area contributed by atoms with Gasteiger partial charge >= 0.3 is 5.97 Å². The van der Waals surface area contributed by atoms with Crippen LogP contribution in [0.25, 0.3) is 0 Å². The van der Waals surface area contributed by atoms with E-state index in [1.165, 1.54) is 7.11 Å². The van der Waals surface area contributed by atoms with E-state index >= 15 is 0 Å². The van der Waals surface area contributed by atoms with E-state index in [2.05, 4.69) is 6.92 Å². The minimum atomic E-state index is -2.00. The number of fused-ring (bicyclic) bond motifs is 1. The van der Waals surface area contributed by atoms with Gasteiger partial charge in [-0.15, -0.1) is 0 Å². The lowest BCUT2D eigenvalue weighted by molar-refractivity contribution is -0.148. The van der Waals surface area contributed by atoms with Gasteiger partial charge in [0, 0.05) is 4.11 Å². The molecule has 0 bridgehead atoms. The van der Waals surface area contributed by atoms with E-state index in [0.717, 1.165) is 19.3 Å². The van der Waals surface area contributed by atoms with Crippen LogP contribution in [0.1, 0.15) is 50.5 Å². The fourth-order valence-electron chi connectivity index (χ4n) is 3.86. The Morgan fingerprint density at radius 3 is 2.94 bits per heavy atom. The first kappa shape index (κ1) is 10.1. The van der Waals surface area contributed by atoms with Gasteiger partial charge in [-0.3, -0.25) is 4.79 Å². The molecule has 4 unspecified atom stereocenters. The maximum Gasteiger partial charge on any atom is 0.308 e. The van der Waals surface area contributed by atoms with E-state index in [0.29, 0.717) is 23.8 Å². The van der Waals surface area contributed by atoms with Gasteiger partial charge in [0.05, 0.1) is 13.0 Å². The molecule has 0 aromatic carbocycles. The van der Waals surface area contributed by atoms with Crippen molar-refractivity contribution in [3.05, 3.63) is 11.6 Å². The number of allylic oxidation sites excluding steroid dienone is 2. The topological polar surface area (TPSA) is 26.3 Å². The second-order valence-corrected chi connectivity index (χ2v) is 6.00. The summed E-state index contributed by atoms with van der Waals surface area (Å²) in [4.78, 5) is 11.9. The van der Waals surface area contributed by atoms with Crippen molar-refractivity contribution in [2.45, 2.75) is 46.4 Å². The maximum absolute atomic E-state index is 11.9. The third kappa shape index (κ3) is 2.48. The molecule has 1 saturated carbocycles. The first-order chi connectivity index (χ1) is 9.75. The molecule has 18 heavy (non-hydrogen) atoms. The monoisotopic (exact) mass is 253 g/mol. The van der Waals surface area contributed by atoms with E-state index in [-0.39, 0.29) is 23.7 Å². The Labute approximate surface area is 115 Å². The molecule has 5 atom stereocenters. The summed E-state index contributed by atoms with van der Waals surface area (Å²) in [6, 6.07) is 0. The number of hydrogen-bond acceptors (Lipinski definition) is 2. The Kier molecular flexibility index (Phi) is 3.05. The SMILES string of the molecule is [2H]C([2H])([2H])C1=CC2C(C(C)C(=O)OC)CC[C@@H](C)C2CC1. The van der Waals surface area contributed by atoms with Crippen LogP contribution in [0.5, 0.6) is 0 Å². The molecule has 1 fully saturated rings. The summed E-state index contributed by atoms with van der Waals surface area (Å²) in [5, 5.41) is 0. The third-order valence-corrected chi connectivity index (χ3v) is 5.03. The van der Waals surface area contributed by atoms with Gasteiger partial charge in [0.25, 0.3) is 0 Å². The molecule has 2 nitrogen and oxygen atoms in total. The van der Waals surface area contributed by atoms with Crippen LogP contribution >= 0.6 is 0 Å². The van der Waals surface area contributed by atoms with E-state index in [1.54, 1.807) is 0 Å². The highest BCUT2D eigenvalue weighted by molar-refractivity contribution is 5.72. The molecule has 2 heteroatoms. The highest BCUT2D eigenvalue weighted by Gasteiger charge is 2.41. The number of carbonyl (C=O) groups excluding carboxylic acids is 1. The summed E-state index contributed by atoms with van der Waals surface area (Å²) in [6.07, 6.45) is 5.66. The van der Waals surface area contributed by atoms with Gasteiger partial charge in [-0.2, -0.15) is 0 Å². The van der Waals surface area contributed by atoms with E-state index in [1.807, 2.05) is 13.0 Å². The number of methoxy groups -OCH3 is 1. The summed E-state index contributed by atoms with van der Waals surface area (Å²) in [5.74, 6) is 1.17. The lowest BCUT2D eigenvalue weighted by atomic mass is 9.60. The molecular weight excluding hydrogens is 224 g/mol. The van der Waals surface area contributed by atoms with Gasteiger partial charge < -0.3 is 4.74 Å². The molecule has 0 aliphatic heterocycles. The molecule has 2 rings (SSSR count). The smallest absolute Gasteiger partial charge is 0.308 e. The average molecular weight is 253 g/mol. The molecule has 0 saturated heterocycles. The lowest BCUT2D eigenvalue weighted by Gasteiger charge is -2.45. The molecule has 0 aromatic heterocycles. The van der Waals surface area contributed by atoms with Crippen LogP contribution < -0.4 is 0 Å². The van der Waals surface area contributed by atoms with Crippen molar-refractivity contribution in [3.8, 4) is 0 Å². The molecule has 0 heterocycles. The zero-order chi connectivity index (χ0) is 15.8. The Bertz CT molecular complexity index is 428. The normalized spacial score (nSPS) is 40.6. The number of ether oxygens (including phenoxy) is 1. The highest BCUT2D eigenvalue weighted by atomic mass is 16.5. The van der Waals surface area contributed by atoms with Crippen LogP contribution in [-0.2, 0) is 9.53 Å². The Morgan fingerprint density at radius 1 is 1.50 bits per heavy atom. The molecule has 0 spiro atoms. The Hall–Kier alpha value is -0.790. The highest BCUT2D eigenvalue weighted by Crippen LogP contribution is 2.48. The number of esters is 1. The predicted molar refractivity (Wildman–Crippen MR) is 73.0 cm³/mol. The minimum Gasteiger partial charge on any atom is -0.469 e. The van der Waals surface area contributed by atoms with Crippen molar-refractivity contribution >= 4 is 5.97 Å². The lowest BCUT2D eigenvalue weighted by Crippen LogP contribution is -2.39. The van der Waals surface area contributed by atoms with Crippen molar-refractivity contribution in [1.29, 1.82) is 0 Å². The second kappa shape index (κ2) is 5.46. The molecular formula is C16H26O2. The molecule has 2 aliphatic rings. The Morgan fingerprint density at radius 2 is 2.28 bits per heavy atom. The molecule has 102 valence electrons. The molecule has 0 aromatic rings. The maximum atomic E-state index is 11.9. The molecule has 0 amide bonds. The standard InChI is InChI=1S/C16H26O2/c1-10-5-7-13-11(2)6-8-14(15(13)9-10)12(3)16(17)18-4/h9,11-15H,5-8H2,1-4H3/t11-,12?,13?,14?,15?/m1/s1/i1D3. The number of hydrogen-bond donors (Lipinski definition) is 0. The number of carbonyl (C=O) groups is 1. The first-order valence-electron chi connectivity index (χ1n) is 8.54. The van der Waals surface area contributed by atoms with Crippen molar-refractivity contribution in [3.63, 3.8) is 0 Å². The third-order valence-electron chi connectivity index (χ3n) is 5.03. The van der Waals surface area contributed by atoms with Crippen LogP contribution in [-0.4, -0.2) is 13.1 Å². The molecule has 0 N–H and O–H groups in total. The van der Waals surface area contributed by atoms with Crippen LogP contribution in [0.2, 0.25) is 0 Å². The van der Waals surface area contributed by atoms with Crippen molar-refractivity contribution in [1.82, 2.24) is 0 Å². The average Bonchev–Trinajstić information content (AvgIpc) is 2.45.